The molecule has 0 fully saturated rings. The molecular formula is C14H15BrO6. The zero-order valence-corrected chi connectivity index (χ0v) is 13.1. The predicted octanol–water partition coefficient (Wildman–Crippen LogP) is 2.01. The van der Waals surface area contributed by atoms with Crippen molar-refractivity contribution in [2.24, 2.45) is 0 Å². The standard InChI is InChI=1S/C14H15BrO6/c1-3-21-14(20)10-8(11(15)7(2)16)5-4-6-9(10)12(17)13(18)19/h4-6,11-12,17H,3H2,1-2H3,(H,18,19). The van der Waals surface area contributed by atoms with Crippen molar-refractivity contribution in [1.29, 1.82) is 0 Å². The molecule has 2 unspecified atom stereocenters. The first-order chi connectivity index (χ1) is 9.81. The molecule has 0 radical (unpaired) electrons. The Balaban J connectivity index is 3.51. The molecular weight excluding hydrogens is 344 g/mol. The van der Waals surface area contributed by atoms with E-state index in [1.165, 1.54) is 25.1 Å². The number of aliphatic carboxylic acids is 1. The van der Waals surface area contributed by atoms with Crippen LogP contribution in [0.5, 0.6) is 0 Å². The van der Waals surface area contributed by atoms with Gasteiger partial charge in [-0.05, 0) is 19.4 Å². The number of halogens is 1. The van der Waals surface area contributed by atoms with Gasteiger partial charge in [0.15, 0.2) is 6.10 Å². The average molecular weight is 359 g/mol. The van der Waals surface area contributed by atoms with Gasteiger partial charge in [0.25, 0.3) is 0 Å². The van der Waals surface area contributed by atoms with Gasteiger partial charge >= 0.3 is 11.9 Å². The maximum Gasteiger partial charge on any atom is 0.338 e. The number of hydrogen-bond acceptors (Lipinski definition) is 5. The monoisotopic (exact) mass is 358 g/mol. The summed E-state index contributed by atoms with van der Waals surface area (Å²) >= 11 is 3.15. The van der Waals surface area contributed by atoms with Gasteiger partial charge in [-0.2, -0.15) is 0 Å². The molecule has 0 bridgehead atoms. The summed E-state index contributed by atoms with van der Waals surface area (Å²) in [6, 6.07) is 4.29. The van der Waals surface area contributed by atoms with E-state index >= 15 is 0 Å². The molecule has 0 aliphatic rings. The molecule has 0 aliphatic heterocycles. The van der Waals surface area contributed by atoms with Gasteiger partial charge in [-0.1, -0.05) is 34.1 Å². The number of rotatable bonds is 6. The highest BCUT2D eigenvalue weighted by Gasteiger charge is 2.29. The summed E-state index contributed by atoms with van der Waals surface area (Å²) in [7, 11) is 0. The molecule has 0 amide bonds. The lowest BCUT2D eigenvalue weighted by Crippen LogP contribution is -2.19. The Labute approximate surface area is 129 Å². The van der Waals surface area contributed by atoms with Crippen LogP contribution < -0.4 is 0 Å². The number of ether oxygens (including phenoxy) is 1. The van der Waals surface area contributed by atoms with E-state index < -0.39 is 22.9 Å². The topological polar surface area (TPSA) is 101 Å². The number of hydrogen-bond donors (Lipinski definition) is 2. The van der Waals surface area contributed by atoms with Crippen molar-refractivity contribution in [3.05, 3.63) is 34.9 Å². The minimum absolute atomic E-state index is 0.0861. The number of ketones is 1. The van der Waals surface area contributed by atoms with Crippen LogP contribution in [0.1, 0.15) is 46.3 Å². The van der Waals surface area contributed by atoms with Crippen LogP contribution in [-0.4, -0.2) is 34.5 Å². The third-order valence-corrected chi connectivity index (χ3v) is 3.90. The molecule has 0 heterocycles. The highest BCUT2D eigenvalue weighted by Crippen LogP contribution is 2.32. The summed E-state index contributed by atoms with van der Waals surface area (Å²) in [4.78, 5) is 33.8. The molecule has 0 aromatic heterocycles. The maximum absolute atomic E-state index is 12.1. The highest BCUT2D eigenvalue weighted by atomic mass is 79.9. The molecule has 1 aromatic rings. The van der Waals surface area contributed by atoms with Gasteiger partial charge in [0.2, 0.25) is 0 Å². The number of carboxylic acids is 1. The van der Waals surface area contributed by atoms with E-state index in [1.54, 1.807) is 6.92 Å². The second-order valence-corrected chi connectivity index (χ2v) is 5.16. The average Bonchev–Trinajstić information content (AvgIpc) is 2.44. The van der Waals surface area contributed by atoms with Gasteiger partial charge in [0.05, 0.1) is 17.0 Å². The number of alkyl halides is 1. The SMILES string of the molecule is CCOC(=O)c1c(C(O)C(=O)O)cccc1C(Br)C(C)=O. The number of esters is 1. The Kier molecular flexibility index (Phi) is 6.04. The fraction of sp³-hybridized carbons (Fsp3) is 0.357. The summed E-state index contributed by atoms with van der Waals surface area (Å²) in [5, 5.41) is 18.7. The lowest BCUT2D eigenvalue weighted by atomic mass is 9.94. The minimum Gasteiger partial charge on any atom is -0.479 e. The summed E-state index contributed by atoms with van der Waals surface area (Å²) in [6.45, 7) is 3.02. The Hall–Kier alpha value is -1.73. The van der Waals surface area contributed by atoms with Gasteiger partial charge in [-0.3, -0.25) is 4.79 Å². The van der Waals surface area contributed by atoms with Gasteiger partial charge < -0.3 is 14.9 Å². The molecule has 1 aromatic carbocycles. The van der Waals surface area contributed by atoms with E-state index in [9.17, 15) is 19.5 Å². The molecule has 0 spiro atoms. The second kappa shape index (κ2) is 7.33. The largest absolute Gasteiger partial charge is 0.479 e. The second-order valence-electron chi connectivity index (χ2n) is 4.25. The first kappa shape index (κ1) is 17.3. The van der Waals surface area contributed by atoms with Crippen molar-refractivity contribution in [1.82, 2.24) is 0 Å². The third-order valence-electron chi connectivity index (χ3n) is 2.77. The number of Topliss-reactive ketones (excluding diaryl/α,β-unsaturated/α-hetero) is 1. The Bertz CT molecular complexity index is 530. The van der Waals surface area contributed by atoms with Crippen molar-refractivity contribution in [2.45, 2.75) is 24.8 Å². The summed E-state index contributed by atoms with van der Waals surface area (Å²) in [5.41, 5.74) is 0.0502. The van der Waals surface area contributed by atoms with E-state index in [0.29, 0.717) is 0 Å². The van der Waals surface area contributed by atoms with Crippen molar-refractivity contribution >= 4 is 33.7 Å². The lowest BCUT2D eigenvalue weighted by Gasteiger charge is -2.17. The van der Waals surface area contributed by atoms with Crippen LogP contribution >= 0.6 is 15.9 Å². The quantitative estimate of drug-likeness (QED) is 0.595. The first-order valence-corrected chi connectivity index (χ1v) is 7.08. The van der Waals surface area contributed by atoms with Crippen molar-refractivity contribution in [3.8, 4) is 0 Å². The lowest BCUT2D eigenvalue weighted by molar-refractivity contribution is -0.147. The summed E-state index contributed by atoms with van der Waals surface area (Å²) in [6.07, 6.45) is -1.88. The number of aliphatic hydroxyl groups excluding tert-OH is 1. The van der Waals surface area contributed by atoms with Crippen LogP contribution in [0.2, 0.25) is 0 Å². The van der Waals surface area contributed by atoms with Gasteiger partial charge in [-0.25, -0.2) is 9.59 Å². The molecule has 21 heavy (non-hydrogen) atoms. The molecule has 0 aliphatic carbocycles. The zero-order chi connectivity index (χ0) is 16.2. The fourth-order valence-corrected chi connectivity index (χ4v) is 2.20. The third kappa shape index (κ3) is 3.89. The van der Waals surface area contributed by atoms with Gasteiger partial charge in [-0.15, -0.1) is 0 Å². The minimum atomic E-state index is -1.88. The highest BCUT2D eigenvalue weighted by molar-refractivity contribution is 9.09. The van der Waals surface area contributed by atoms with E-state index in [-0.39, 0.29) is 29.1 Å². The molecule has 1 rings (SSSR count). The Morgan fingerprint density at radius 1 is 1.29 bits per heavy atom. The number of benzene rings is 1. The normalized spacial score (nSPS) is 13.3. The van der Waals surface area contributed by atoms with Crippen molar-refractivity contribution in [2.75, 3.05) is 6.61 Å². The number of carboxylic acid groups (broad SMARTS) is 1. The van der Waals surface area contributed by atoms with E-state index in [1.807, 2.05) is 0 Å². The predicted molar refractivity (Wildman–Crippen MR) is 77.3 cm³/mol. The van der Waals surface area contributed by atoms with Crippen LogP contribution in [0.15, 0.2) is 18.2 Å². The summed E-state index contributed by atoms with van der Waals surface area (Å²) < 4.78 is 4.89. The maximum atomic E-state index is 12.1. The zero-order valence-electron chi connectivity index (χ0n) is 11.5. The molecule has 2 N–H and O–H groups in total. The van der Waals surface area contributed by atoms with E-state index in [2.05, 4.69) is 15.9 Å². The van der Waals surface area contributed by atoms with Crippen molar-refractivity contribution in [3.63, 3.8) is 0 Å². The molecule has 0 saturated carbocycles. The van der Waals surface area contributed by atoms with E-state index in [4.69, 9.17) is 9.84 Å². The fourth-order valence-electron chi connectivity index (χ4n) is 1.82. The van der Waals surface area contributed by atoms with E-state index in [0.717, 1.165) is 0 Å². The van der Waals surface area contributed by atoms with Crippen molar-refractivity contribution < 1.29 is 29.3 Å². The molecule has 6 nitrogen and oxygen atoms in total. The number of aliphatic hydroxyl groups is 1. The van der Waals surface area contributed by atoms with Crippen LogP contribution in [0.25, 0.3) is 0 Å². The van der Waals surface area contributed by atoms with Gasteiger partial charge in [0, 0.05) is 5.56 Å². The molecule has 7 heteroatoms. The number of carbonyl (C=O) groups excluding carboxylic acids is 2. The Morgan fingerprint density at radius 2 is 1.86 bits per heavy atom. The first-order valence-electron chi connectivity index (χ1n) is 6.16. The number of carbonyl (C=O) groups is 3. The molecule has 0 saturated heterocycles. The van der Waals surface area contributed by atoms with Crippen LogP contribution in [0.3, 0.4) is 0 Å². The Morgan fingerprint density at radius 3 is 2.33 bits per heavy atom. The molecule has 114 valence electrons. The molecule has 2 atom stereocenters. The van der Waals surface area contributed by atoms with Crippen LogP contribution in [-0.2, 0) is 14.3 Å². The summed E-state index contributed by atoms with van der Waals surface area (Å²) in [5.74, 6) is -2.54. The smallest absolute Gasteiger partial charge is 0.338 e. The van der Waals surface area contributed by atoms with Crippen LogP contribution in [0, 0.1) is 0 Å². The van der Waals surface area contributed by atoms with Crippen LogP contribution in [0.4, 0.5) is 0 Å². The van der Waals surface area contributed by atoms with Gasteiger partial charge in [0.1, 0.15) is 5.78 Å².